The van der Waals surface area contributed by atoms with Gasteiger partial charge in [0, 0.05) is 18.4 Å². The van der Waals surface area contributed by atoms with Crippen molar-refractivity contribution in [3.63, 3.8) is 0 Å². The van der Waals surface area contributed by atoms with Crippen LogP contribution in [0.15, 0.2) is 41.9 Å². The molecule has 0 radical (unpaired) electrons. The Hall–Kier alpha value is -2.69. The van der Waals surface area contributed by atoms with Gasteiger partial charge in [0.25, 0.3) is 11.4 Å². The SMILES string of the molecule is COC1=C(OC)C(O)(C#CCCCC#Cc2ccccc2)C1=O. The lowest BCUT2D eigenvalue weighted by molar-refractivity contribution is -0.138. The second-order valence-electron chi connectivity index (χ2n) is 4.93. The summed E-state index contributed by atoms with van der Waals surface area (Å²) in [6, 6.07) is 9.75. The van der Waals surface area contributed by atoms with Crippen molar-refractivity contribution in [1.82, 2.24) is 0 Å². The van der Waals surface area contributed by atoms with Crippen LogP contribution >= 0.6 is 0 Å². The van der Waals surface area contributed by atoms with Crippen molar-refractivity contribution in [2.45, 2.75) is 24.9 Å². The molecule has 0 aromatic heterocycles. The topological polar surface area (TPSA) is 55.8 Å². The number of carbonyl (C=O) groups is 1. The molecule has 1 aliphatic carbocycles. The van der Waals surface area contributed by atoms with Gasteiger partial charge in [0.2, 0.25) is 5.76 Å². The van der Waals surface area contributed by atoms with Crippen molar-refractivity contribution in [1.29, 1.82) is 0 Å². The van der Waals surface area contributed by atoms with Gasteiger partial charge in [-0.25, -0.2) is 0 Å². The Bertz CT molecular complexity index is 725. The fourth-order valence-electron chi connectivity index (χ4n) is 2.15. The molecule has 0 spiro atoms. The monoisotopic (exact) mass is 310 g/mol. The molecule has 1 aromatic carbocycles. The molecule has 1 aliphatic rings. The molecule has 0 bridgehead atoms. The van der Waals surface area contributed by atoms with E-state index in [4.69, 9.17) is 9.47 Å². The highest BCUT2D eigenvalue weighted by Gasteiger charge is 2.55. The summed E-state index contributed by atoms with van der Waals surface area (Å²) in [6.07, 6.45) is 2.00. The van der Waals surface area contributed by atoms with E-state index in [1.807, 2.05) is 30.3 Å². The number of unbranched alkanes of at least 4 members (excludes halogenated alkanes) is 2. The van der Waals surface area contributed by atoms with Gasteiger partial charge in [0.15, 0.2) is 5.76 Å². The van der Waals surface area contributed by atoms with Crippen LogP contribution < -0.4 is 0 Å². The normalized spacial score (nSPS) is 19.0. The lowest BCUT2D eigenvalue weighted by atomic mass is 9.83. The van der Waals surface area contributed by atoms with Crippen molar-refractivity contribution in [2.75, 3.05) is 14.2 Å². The predicted octanol–water partition coefficient (Wildman–Crippen LogP) is 2.03. The maximum atomic E-state index is 11.8. The second-order valence-corrected chi connectivity index (χ2v) is 4.93. The fraction of sp³-hybridized carbons (Fsp3) is 0.316. The molecule has 118 valence electrons. The lowest BCUT2D eigenvalue weighted by Gasteiger charge is -2.32. The first-order valence-electron chi connectivity index (χ1n) is 7.27. The van der Waals surface area contributed by atoms with E-state index in [-0.39, 0.29) is 11.5 Å². The van der Waals surface area contributed by atoms with Gasteiger partial charge in [0.1, 0.15) is 0 Å². The maximum Gasteiger partial charge on any atom is 0.254 e. The van der Waals surface area contributed by atoms with E-state index in [1.54, 1.807) is 0 Å². The van der Waals surface area contributed by atoms with E-state index in [0.717, 1.165) is 12.0 Å². The molecule has 2 rings (SSSR count). The molecule has 1 aromatic rings. The number of hydrogen-bond donors (Lipinski definition) is 1. The summed E-state index contributed by atoms with van der Waals surface area (Å²) in [6.45, 7) is 0. The maximum absolute atomic E-state index is 11.8. The first-order valence-corrected chi connectivity index (χ1v) is 7.27. The lowest BCUT2D eigenvalue weighted by Crippen LogP contribution is -2.51. The van der Waals surface area contributed by atoms with Crippen LogP contribution in [0.2, 0.25) is 0 Å². The Morgan fingerprint density at radius 3 is 2.43 bits per heavy atom. The molecule has 0 aliphatic heterocycles. The van der Waals surface area contributed by atoms with Crippen molar-refractivity contribution >= 4 is 5.78 Å². The van der Waals surface area contributed by atoms with Gasteiger partial charge >= 0.3 is 0 Å². The first kappa shape index (κ1) is 16.7. The number of hydrogen-bond acceptors (Lipinski definition) is 4. The number of Topliss-reactive ketones (excluding diaryl/α,β-unsaturated/α-hetero) is 1. The van der Waals surface area contributed by atoms with Crippen LogP contribution in [0.3, 0.4) is 0 Å². The van der Waals surface area contributed by atoms with Gasteiger partial charge in [-0.1, -0.05) is 41.9 Å². The molecule has 0 saturated carbocycles. The Morgan fingerprint density at radius 2 is 1.78 bits per heavy atom. The van der Waals surface area contributed by atoms with E-state index in [2.05, 4.69) is 23.7 Å². The van der Waals surface area contributed by atoms with Crippen LogP contribution in [0.5, 0.6) is 0 Å². The zero-order valence-corrected chi connectivity index (χ0v) is 13.2. The summed E-state index contributed by atoms with van der Waals surface area (Å²) in [7, 11) is 2.72. The highest BCUT2D eigenvalue weighted by Crippen LogP contribution is 2.35. The average Bonchev–Trinajstić information content (AvgIpc) is 2.58. The third-order valence-corrected chi connectivity index (χ3v) is 3.36. The molecule has 0 fully saturated rings. The Morgan fingerprint density at radius 1 is 1.09 bits per heavy atom. The van der Waals surface area contributed by atoms with E-state index in [0.29, 0.717) is 12.8 Å². The van der Waals surface area contributed by atoms with E-state index >= 15 is 0 Å². The molecule has 4 nitrogen and oxygen atoms in total. The van der Waals surface area contributed by atoms with Gasteiger partial charge in [0.05, 0.1) is 14.2 Å². The molecular weight excluding hydrogens is 292 g/mol. The molecule has 0 saturated heterocycles. The minimum atomic E-state index is -1.87. The quantitative estimate of drug-likeness (QED) is 0.683. The highest BCUT2D eigenvalue weighted by atomic mass is 16.5. The van der Waals surface area contributed by atoms with Crippen molar-refractivity contribution in [3.05, 3.63) is 47.4 Å². The number of benzene rings is 1. The zero-order valence-electron chi connectivity index (χ0n) is 13.2. The van der Waals surface area contributed by atoms with Crippen LogP contribution in [0, 0.1) is 23.7 Å². The summed E-state index contributed by atoms with van der Waals surface area (Å²) >= 11 is 0. The summed E-state index contributed by atoms with van der Waals surface area (Å²) in [5.74, 6) is 11.0. The van der Waals surface area contributed by atoms with Crippen LogP contribution in [0.4, 0.5) is 0 Å². The summed E-state index contributed by atoms with van der Waals surface area (Å²) in [5, 5.41) is 10.2. The van der Waals surface area contributed by atoms with Gasteiger partial charge in [-0.05, 0) is 18.6 Å². The Labute approximate surface area is 136 Å². The van der Waals surface area contributed by atoms with Gasteiger partial charge in [-0.15, -0.1) is 0 Å². The predicted molar refractivity (Wildman–Crippen MR) is 85.9 cm³/mol. The molecule has 4 heteroatoms. The number of aliphatic hydroxyl groups is 1. The first-order chi connectivity index (χ1) is 11.1. The Balaban J connectivity index is 1.84. The molecule has 1 N–H and O–H groups in total. The van der Waals surface area contributed by atoms with E-state index in [1.165, 1.54) is 14.2 Å². The van der Waals surface area contributed by atoms with Gasteiger partial charge in [-0.2, -0.15) is 0 Å². The molecule has 1 atom stereocenters. The van der Waals surface area contributed by atoms with Gasteiger partial charge in [-0.3, -0.25) is 4.79 Å². The van der Waals surface area contributed by atoms with Crippen molar-refractivity contribution in [2.24, 2.45) is 0 Å². The minimum Gasteiger partial charge on any atom is -0.493 e. The molecular formula is C19H18O4. The molecule has 23 heavy (non-hydrogen) atoms. The number of carbonyl (C=O) groups excluding carboxylic acids is 1. The Kier molecular flexibility index (Phi) is 5.46. The van der Waals surface area contributed by atoms with Crippen LogP contribution in [0.1, 0.15) is 24.8 Å². The van der Waals surface area contributed by atoms with Crippen LogP contribution in [-0.4, -0.2) is 30.7 Å². The van der Waals surface area contributed by atoms with E-state index < -0.39 is 11.4 Å². The number of ether oxygens (including phenoxy) is 2. The summed E-state index contributed by atoms with van der Waals surface area (Å²) in [5.41, 5.74) is -0.884. The largest absolute Gasteiger partial charge is 0.493 e. The molecule has 1 unspecified atom stereocenters. The van der Waals surface area contributed by atoms with Crippen LogP contribution in [0.25, 0.3) is 0 Å². The number of ketones is 1. The molecule has 0 amide bonds. The molecule has 0 heterocycles. The minimum absolute atomic E-state index is 0.0260. The third-order valence-electron chi connectivity index (χ3n) is 3.36. The highest BCUT2D eigenvalue weighted by molar-refractivity contribution is 6.12. The van der Waals surface area contributed by atoms with Crippen LogP contribution in [-0.2, 0) is 14.3 Å². The summed E-state index contributed by atoms with van der Waals surface area (Å²) < 4.78 is 9.84. The second kappa shape index (κ2) is 7.54. The van der Waals surface area contributed by atoms with Crippen molar-refractivity contribution < 1.29 is 19.4 Å². The average molecular weight is 310 g/mol. The number of rotatable bonds is 4. The fourth-order valence-corrected chi connectivity index (χ4v) is 2.15. The van der Waals surface area contributed by atoms with Crippen molar-refractivity contribution in [3.8, 4) is 23.7 Å². The van der Waals surface area contributed by atoms with E-state index in [9.17, 15) is 9.90 Å². The third kappa shape index (κ3) is 3.56. The standard InChI is InChI=1S/C19H18O4/c1-22-16-17(20)19(21,18(16)23-2)14-10-5-3-4-7-11-15-12-8-6-9-13-15/h6,8-9,12-13,21H,3-5H2,1-2H3. The zero-order chi connectivity index (χ0) is 16.7. The summed E-state index contributed by atoms with van der Waals surface area (Å²) in [4.78, 5) is 11.8. The van der Waals surface area contributed by atoms with Gasteiger partial charge < -0.3 is 14.6 Å². The smallest absolute Gasteiger partial charge is 0.254 e. The number of methoxy groups -OCH3 is 2.